The van der Waals surface area contributed by atoms with Gasteiger partial charge in [0, 0.05) is 31.1 Å². The smallest absolute Gasteiger partial charge is 0.338 e. The van der Waals surface area contributed by atoms with Crippen molar-refractivity contribution in [2.45, 2.75) is 52.5 Å². The SMILES string of the molecule is CC(=N)N(c1cc(C(=O)O)c2nc(C(C)C)n(Cc3ccc(C(=N)N)c4ccccc34)c2c1)N1CCCCC1. The van der Waals surface area contributed by atoms with Crippen LogP contribution in [0.5, 0.6) is 0 Å². The van der Waals surface area contributed by atoms with Crippen LogP contribution in [0.4, 0.5) is 5.69 Å². The Morgan fingerprint density at radius 1 is 1.05 bits per heavy atom. The molecule has 1 fully saturated rings. The van der Waals surface area contributed by atoms with Gasteiger partial charge < -0.3 is 15.4 Å². The zero-order valence-electron chi connectivity index (χ0n) is 22.7. The summed E-state index contributed by atoms with van der Waals surface area (Å²) < 4.78 is 2.10. The Bertz CT molecular complexity index is 1600. The Hall–Kier alpha value is -4.24. The first-order valence-electron chi connectivity index (χ1n) is 13.4. The molecule has 3 aromatic carbocycles. The predicted molar refractivity (Wildman–Crippen MR) is 156 cm³/mol. The van der Waals surface area contributed by atoms with Crippen LogP contribution in [0.2, 0.25) is 0 Å². The number of fused-ring (bicyclic) bond motifs is 2. The van der Waals surface area contributed by atoms with E-state index in [1.807, 2.05) is 47.5 Å². The van der Waals surface area contributed by atoms with Crippen molar-refractivity contribution < 1.29 is 9.90 Å². The fraction of sp³-hybridized carbons (Fsp3) is 0.333. The van der Waals surface area contributed by atoms with Crippen molar-refractivity contribution in [3.8, 4) is 0 Å². The molecule has 5 rings (SSSR count). The molecule has 1 aromatic heterocycles. The number of hydrogen-bond donors (Lipinski definition) is 4. The lowest BCUT2D eigenvalue weighted by Crippen LogP contribution is -2.48. The number of aromatic nitrogens is 2. The van der Waals surface area contributed by atoms with Crippen LogP contribution in [-0.4, -0.2) is 50.4 Å². The van der Waals surface area contributed by atoms with Crippen molar-refractivity contribution in [3.05, 3.63) is 71.0 Å². The number of rotatable bonds is 7. The third-order valence-corrected chi connectivity index (χ3v) is 7.43. The van der Waals surface area contributed by atoms with E-state index in [0.29, 0.717) is 29.1 Å². The van der Waals surface area contributed by atoms with Gasteiger partial charge in [-0.25, -0.2) is 14.8 Å². The zero-order chi connectivity index (χ0) is 27.8. The van der Waals surface area contributed by atoms with E-state index in [1.165, 1.54) is 0 Å². The molecule has 0 spiro atoms. The number of nitrogens with one attached hydrogen (secondary N) is 2. The highest BCUT2D eigenvalue weighted by molar-refractivity contribution is 6.08. The summed E-state index contributed by atoms with van der Waals surface area (Å²) in [6.07, 6.45) is 3.23. The molecular formula is C30H35N7O2. The minimum Gasteiger partial charge on any atom is -0.478 e. The highest BCUT2D eigenvalue weighted by Gasteiger charge is 2.26. The number of hydrogen-bond acceptors (Lipinski definition) is 5. The first-order valence-corrected chi connectivity index (χ1v) is 13.4. The molecule has 1 aliphatic rings. The van der Waals surface area contributed by atoms with Crippen LogP contribution in [0.3, 0.4) is 0 Å². The van der Waals surface area contributed by atoms with E-state index < -0.39 is 5.97 Å². The van der Waals surface area contributed by atoms with Gasteiger partial charge >= 0.3 is 5.97 Å². The number of amidine groups is 2. The number of hydrazine groups is 1. The van der Waals surface area contributed by atoms with Crippen molar-refractivity contribution in [2.24, 2.45) is 5.73 Å². The van der Waals surface area contributed by atoms with Gasteiger partial charge in [-0.3, -0.25) is 15.8 Å². The van der Waals surface area contributed by atoms with E-state index in [4.69, 9.17) is 21.5 Å². The Morgan fingerprint density at radius 2 is 1.74 bits per heavy atom. The molecule has 0 atom stereocenters. The van der Waals surface area contributed by atoms with Crippen molar-refractivity contribution >= 4 is 45.1 Å². The zero-order valence-corrected chi connectivity index (χ0v) is 22.7. The number of nitrogens with two attached hydrogens (primary N) is 1. The highest BCUT2D eigenvalue weighted by atomic mass is 16.4. The van der Waals surface area contributed by atoms with Gasteiger partial charge in [-0.05, 0) is 48.2 Å². The average molecular weight is 526 g/mol. The van der Waals surface area contributed by atoms with E-state index in [1.54, 1.807) is 13.0 Å². The number of carboxylic acids is 1. The molecule has 0 aliphatic carbocycles. The molecular weight excluding hydrogens is 490 g/mol. The van der Waals surface area contributed by atoms with E-state index in [0.717, 1.165) is 60.0 Å². The van der Waals surface area contributed by atoms with Crippen LogP contribution in [0.15, 0.2) is 48.5 Å². The van der Waals surface area contributed by atoms with Crippen molar-refractivity contribution in [3.63, 3.8) is 0 Å². The maximum absolute atomic E-state index is 12.5. The third kappa shape index (κ3) is 4.85. The van der Waals surface area contributed by atoms with Gasteiger partial charge in [0.15, 0.2) is 0 Å². The highest BCUT2D eigenvalue weighted by Crippen LogP contribution is 2.33. The predicted octanol–water partition coefficient (Wildman–Crippen LogP) is 5.55. The lowest BCUT2D eigenvalue weighted by atomic mass is 9.98. The van der Waals surface area contributed by atoms with Gasteiger partial charge in [-0.1, -0.05) is 56.7 Å². The Kier molecular flexibility index (Phi) is 7.10. The number of carboxylic acid groups (broad SMARTS) is 1. The molecule has 202 valence electrons. The van der Waals surface area contributed by atoms with Crippen LogP contribution in [0.1, 0.15) is 73.3 Å². The number of imidazole rings is 1. The van der Waals surface area contributed by atoms with Gasteiger partial charge in [-0.15, -0.1) is 0 Å². The van der Waals surface area contributed by atoms with Crippen LogP contribution < -0.4 is 10.7 Å². The maximum Gasteiger partial charge on any atom is 0.338 e. The van der Waals surface area contributed by atoms with Crippen LogP contribution in [0.25, 0.3) is 21.8 Å². The summed E-state index contributed by atoms with van der Waals surface area (Å²) in [7, 11) is 0. The third-order valence-electron chi connectivity index (χ3n) is 7.43. The second-order valence-electron chi connectivity index (χ2n) is 10.5. The lowest BCUT2D eigenvalue weighted by molar-refractivity contribution is 0.0698. The van der Waals surface area contributed by atoms with Crippen LogP contribution in [0, 0.1) is 10.8 Å². The molecule has 0 amide bonds. The molecule has 1 saturated heterocycles. The molecule has 0 saturated carbocycles. The Balaban J connectivity index is 1.73. The first-order chi connectivity index (χ1) is 18.7. The summed E-state index contributed by atoms with van der Waals surface area (Å²) in [5.74, 6) is 0.158. The molecule has 0 radical (unpaired) electrons. The van der Waals surface area contributed by atoms with Gasteiger partial charge in [0.25, 0.3) is 0 Å². The van der Waals surface area contributed by atoms with E-state index in [-0.39, 0.29) is 17.3 Å². The summed E-state index contributed by atoms with van der Waals surface area (Å²) >= 11 is 0. The lowest BCUT2D eigenvalue weighted by Gasteiger charge is -2.38. The summed E-state index contributed by atoms with van der Waals surface area (Å²) in [6, 6.07) is 15.4. The number of nitrogens with zero attached hydrogens (tertiary/aromatic N) is 4. The largest absolute Gasteiger partial charge is 0.478 e. The molecule has 0 unspecified atom stereocenters. The number of benzene rings is 3. The van der Waals surface area contributed by atoms with Crippen molar-refractivity contribution in [2.75, 3.05) is 18.1 Å². The number of nitrogen functional groups attached to an aromatic ring is 1. The molecule has 1 aliphatic heterocycles. The standard InChI is InChI=1S/C30H35N7O2/c1-18(2)29-34-27-25(30(38)39)15-21(37(19(3)31)35-13-7-4-8-14-35)16-26(27)36(29)17-20-11-12-24(28(32)33)23-10-6-5-9-22(20)23/h5-6,9-12,15-16,18,31H,4,7-8,13-14,17H2,1-3H3,(H3,32,33)(H,38,39). The maximum atomic E-state index is 12.5. The number of piperidine rings is 1. The topological polar surface area (TPSA) is 135 Å². The fourth-order valence-corrected chi connectivity index (χ4v) is 5.67. The second-order valence-corrected chi connectivity index (χ2v) is 10.5. The molecule has 2 heterocycles. The molecule has 5 N–H and O–H groups in total. The van der Waals surface area contributed by atoms with Gasteiger partial charge in [0.1, 0.15) is 23.0 Å². The summed E-state index contributed by atoms with van der Waals surface area (Å²) in [4.78, 5) is 17.3. The van der Waals surface area contributed by atoms with Gasteiger partial charge in [0.2, 0.25) is 0 Å². The minimum absolute atomic E-state index is 0.0178. The van der Waals surface area contributed by atoms with E-state index >= 15 is 0 Å². The Morgan fingerprint density at radius 3 is 2.36 bits per heavy atom. The molecule has 0 bridgehead atoms. The monoisotopic (exact) mass is 525 g/mol. The average Bonchev–Trinajstić information content (AvgIpc) is 3.27. The summed E-state index contributed by atoms with van der Waals surface area (Å²) in [5.41, 5.74) is 9.52. The van der Waals surface area contributed by atoms with E-state index in [2.05, 4.69) is 23.4 Å². The van der Waals surface area contributed by atoms with Crippen molar-refractivity contribution in [1.29, 1.82) is 10.8 Å². The molecule has 39 heavy (non-hydrogen) atoms. The fourth-order valence-electron chi connectivity index (χ4n) is 5.67. The molecule has 9 heteroatoms. The van der Waals surface area contributed by atoms with E-state index in [9.17, 15) is 9.90 Å². The quantitative estimate of drug-likeness (QED) is 0.185. The van der Waals surface area contributed by atoms with Crippen LogP contribution >= 0.6 is 0 Å². The normalized spacial score (nSPS) is 14.3. The first kappa shape index (κ1) is 26.4. The van der Waals surface area contributed by atoms with Gasteiger partial charge in [-0.2, -0.15) is 0 Å². The molecule has 4 aromatic rings. The number of aromatic carboxylic acids is 1. The second kappa shape index (κ2) is 10.5. The number of anilines is 1. The summed E-state index contributed by atoms with van der Waals surface area (Å²) in [6.45, 7) is 7.95. The molecule has 9 nitrogen and oxygen atoms in total. The van der Waals surface area contributed by atoms with Gasteiger partial charge in [0.05, 0.1) is 16.8 Å². The summed E-state index contributed by atoms with van der Waals surface area (Å²) in [5, 5.41) is 32.7. The number of carbonyl (C=O) groups is 1. The minimum atomic E-state index is -1.04. The van der Waals surface area contributed by atoms with Crippen LogP contribution in [-0.2, 0) is 6.54 Å². The van der Waals surface area contributed by atoms with Crippen molar-refractivity contribution in [1.82, 2.24) is 14.6 Å². The Labute approximate surface area is 227 Å².